The van der Waals surface area contributed by atoms with E-state index in [1.807, 2.05) is 19.1 Å². The number of aromatic nitrogens is 5. The van der Waals surface area contributed by atoms with E-state index in [9.17, 15) is 4.79 Å². The van der Waals surface area contributed by atoms with Crippen molar-refractivity contribution in [3.8, 4) is 6.07 Å². The van der Waals surface area contributed by atoms with Crippen LogP contribution < -0.4 is 0 Å². The Morgan fingerprint density at radius 1 is 1.44 bits per heavy atom. The van der Waals surface area contributed by atoms with E-state index in [1.165, 1.54) is 0 Å². The third-order valence-electron chi connectivity index (χ3n) is 4.68. The van der Waals surface area contributed by atoms with E-state index < -0.39 is 0 Å². The van der Waals surface area contributed by atoms with Gasteiger partial charge < -0.3 is 9.88 Å². The molecule has 0 aliphatic carbocycles. The van der Waals surface area contributed by atoms with Crippen molar-refractivity contribution in [2.45, 2.75) is 32.1 Å². The predicted molar refractivity (Wildman–Crippen MR) is 90.5 cm³/mol. The van der Waals surface area contributed by atoms with Gasteiger partial charge in [-0.1, -0.05) is 0 Å². The van der Waals surface area contributed by atoms with Gasteiger partial charge in [0.1, 0.15) is 12.2 Å². The predicted octanol–water partition coefficient (Wildman–Crippen LogP) is 1.83. The van der Waals surface area contributed by atoms with Crippen LogP contribution in [0.1, 0.15) is 36.7 Å². The number of piperidine rings is 1. The third-order valence-corrected chi connectivity index (χ3v) is 4.68. The standard InChI is InChI=1S/C17H17N7O/c1-10-20-15(11-3-2-8-24(9-11)13(25)4-6-18)14-12-5-7-19-16(12)22-23-17(14)21-10/h5,7,11H,2-4,8-9H2,1H3,(H,20,21,23). The van der Waals surface area contributed by atoms with Crippen LogP contribution in [0, 0.1) is 18.3 Å². The van der Waals surface area contributed by atoms with Crippen molar-refractivity contribution >= 4 is 28.0 Å². The first kappa shape index (κ1) is 15.4. The Balaban J connectivity index is 1.81. The number of H-pyrrole nitrogens is 1. The molecule has 0 aromatic carbocycles. The molecule has 3 aromatic heterocycles. The number of aryl methyl sites for hydroxylation is 1. The Morgan fingerprint density at radius 2 is 2.28 bits per heavy atom. The number of nitrogens with one attached hydrogen (secondary N) is 1. The van der Waals surface area contributed by atoms with Crippen molar-refractivity contribution in [2.24, 2.45) is 0 Å². The Kier molecular flexibility index (Phi) is 3.76. The van der Waals surface area contributed by atoms with Gasteiger partial charge in [-0.05, 0) is 25.8 Å². The second-order valence-electron chi connectivity index (χ2n) is 6.33. The van der Waals surface area contributed by atoms with Crippen molar-refractivity contribution in [3.05, 3.63) is 23.8 Å². The van der Waals surface area contributed by atoms with Gasteiger partial charge >= 0.3 is 0 Å². The van der Waals surface area contributed by atoms with E-state index in [-0.39, 0.29) is 18.2 Å². The first-order valence-corrected chi connectivity index (χ1v) is 8.29. The van der Waals surface area contributed by atoms with E-state index in [1.54, 1.807) is 11.1 Å². The lowest BCUT2D eigenvalue weighted by molar-refractivity contribution is -0.131. The molecule has 8 heteroatoms. The maximum Gasteiger partial charge on any atom is 0.236 e. The average molecular weight is 335 g/mol. The normalized spacial score (nSPS) is 17.8. The van der Waals surface area contributed by atoms with Crippen LogP contribution in [0.3, 0.4) is 0 Å². The summed E-state index contributed by atoms with van der Waals surface area (Å²) in [4.78, 5) is 26.0. The fourth-order valence-corrected chi connectivity index (χ4v) is 3.58. The second-order valence-corrected chi connectivity index (χ2v) is 6.33. The Hall–Kier alpha value is -3.08. The summed E-state index contributed by atoms with van der Waals surface area (Å²) in [5.41, 5.74) is 2.21. The summed E-state index contributed by atoms with van der Waals surface area (Å²) in [6.07, 6.45) is 3.50. The Morgan fingerprint density at radius 3 is 3.12 bits per heavy atom. The molecule has 0 saturated carbocycles. The van der Waals surface area contributed by atoms with Crippen LogP contribution in [0.2, 0.25) is 0 Å². The minimum atomic E-state index is -0.109. The molecule has 1 aliphatic rings. The lowest BCUT2D eigenvalue weighted by atomic mass is 9.92. The number of hydrogen-bond donors (Lipinski definition) is 1. The summed E-state index contributed by atoms with van der Waals surface area (Å²) in [6.45, 7) is 3.18. The molecule has 8 nitrogen and oxygen atoms in total. The summed E-state index contributed by atoms with van der Waals surface area (Å²) < 4.78 is 0. The number of hydrogen-bond acceptors (Lipinski definition) is 6. The topological polar surface area (TPSA) is 111 Å². The molecule has 126 valence electrons. The number of nitrogens with zero attached hydrogens (tertiary/aromatic N) is 6. The molecule has 1 unspecified atom stereocenters. The molecule has 4 rings (SSSR count). The van der Waals surface area contributed by atoms with Gasteiger partial charge in [-0.15, -0.1) is 10.2 Å². The van der Waals surface area contributed by atoms with Crippen molar-refractivity contribution in [1.29, 1.82) is 5.26 Å². The molecule has 0 radical (unpaired) electrons. The summed E-state index contributed by atoms with van der Waals surface area (Å²) >= 11 is 0. The third kappa shape index (κ3) is 2.67. The Bertz CT molecular complexity index is 1000. The van der Waals surface area contributed by atoms with Gasteiger partial charge in [-0.3, -0.25) is 4.79 Å². The first-order chi connectivity index (χ1) is 12.2. The lowest BCUT2D eigenvalue weighted by Crippen LogP contribution is -2.39. The molecule has 3 aromatic rings. The average Bonchev–Trinajstić information content (AvgIpc) is 3.10. The smallest absolute Gasteiger partial charge is 0.236 e. The zero-order valence-electron chi connectivity index (χ0n) is 13.9. The van der Waals surface area contributed by atoms with Gasteiger partial charge in [0.05, 0.1) is 11.5 Å². The highest BCUT2D eigenvalue weighted by atomic mass is 16.2. The van der Waals surface area contributed by atoms with Gasteiger partial charge in [0.25, 0.3) is 0 Å². The van der Waals surface area contributed by atoms with Crippen LogP contribution in [0.25, 0.3) is 22.1 Å². The lowest BCUT2D eigenvalue weighted by Gasteiger charge is -2.33. The fourth-order valence-electron chi connectivity index (χ4n) is 3.58. The van der Waals surface area contributed by atoms with Crippen molar-refractivity contribution in [1.82, 2.24) is 30.0 Å². The molecule has 25 heavy (non-hydrogen) atoms. The molecule has 1 saturated heterocycles. The summed E-state index contributed by atoms with van der Waals surface area (Å²) in [5, 5.41) is 19.0. The van der Waals surface area contributed by atoms with Crippen LogP contribution in [0.5, 0.6) is 0 Å². The van der Waals surface area contributed by atoms with E-state index >= 15 is 0 Å². The van der Waals surface area contributed by atoms with Crippen LogP contribution in [0.4, 0.5) is 0 Å². The van der Waals surface area contributed by atoms with E-state index in [4.69, 9.17) is 5.26 Å². The Labute approximate surface area is 143 Å². The van der Waals surface area contributed by atoms with Crippen molar-refractivity contribution in [3.63, 3.8) is 0 Å². The maximum atomic E-state index is 12.1. The molecule has 1 N–H and O–H groups in total. The highest BCUT2D eigenvalue weighted by Crippen LogP contribution is 2.33. The van der Waals surface area contributed by atoms with Gasteiger partial charge in [0.2, 0.25) is 5.91 Å². The molecule has 1 aliphatic heterocycles. The minimum absolute atomic E-state index is 0.0744. The SMILES string of the molecule is Cc1nc2nnc3nccc3c2c(C2CCCN(C(=O)CC#N)C2)[nH]1. The summed E-state index contributed by atoms with van der Waals surface area (Å²) in [7, 11) is 0. The van der Waals surface area contributed by atoms with Gasteiger partial charge in [-0.25, -0.2) is 9.97 Å². The second kappa shape index (κ2) is 6.09. The number of nitriles is 1. The molecular formula is C17H17N7O. The highest BCUT2D eigenvalue weighted by molar-refractivity contribution is 6.02. The first-order valence-electron chi connectivity index (χ1n) is 8.29. The largest absolute Gasteiger partial charge is 0.346 e. The number of aromatic amines is 1. The van der Waals surface area contributed by atoms with E-state index in [0.717, 1.165) is 35.1 Å². The van der Waals surface area contributed by atoms with Gasteiger partial charge in [0.15, 0.2) is 11.3 Å². The molecular weight excluding hydrogens is 318 g/mol. The molecule has 4 heterocycles. The zero-order valence-corrected chi connectivity index (χ0v) is 13.9. The van der Waals surface area contributed by atoms with Gasteiger partial charge in [0, 0.05) is 36.3 Å². The van der Waals surface area contributed by atoms with Gasteiger partial charge in [-0.2, -0.15) is 5.26 Å². The van der Waals surface area contributed by atoms with E-state index in [2.05, 4.69) is 25.1 Å². The van der Waals surface area contributed by atoms with Crippen LogP contribution in [-0.4, -0.2) is 49.0 Å². The number of rotatable bonds is 2. The quantitative estimate of drug-likeness (QED) is 0.764. The van der Waals surface area contributed by atoms with Crippen LogP contribution >= 0.6 is 0 Å². The van der Waals surface area contributed by atoms with Crippen LogP contribution in [0.15, 0.2) is 12.3 Å². The molecule has 1 amide bonds. The number of amides is 1. The fraction of sp³-hybridized carbons (Fsp3) is 0.412. The monoisotopic (exact) mass is 335 g/mol. The minimum Gasteiger partial charge on any atom is -0.346 e. The number of likely N-dealkylation sites (tertiary alicyclic amines) is 1. The maximum absolute atomic E-state index is 12.1. The number of carbonyl (C=O) groups is 1. The van der Waals surface area contributed by atoms with E-state index in [0.29, 0.717) is 24.4 Å². The highest BCUT2D eigenvalue weighted by Gasteiger charge is 2.27. The summed E-state index contributed by atoms with van der Waals surface area (Å²) in [5.74, 6) is 0.793. The number of carbonyl (C=O) groups excluding carboxylic acids is 1. The molecule has 0 spiro atoms. The van der Waals surface area contributed by atoms with Crippen LogP contribution in [-0.2, 0) is 4.79 Å². The summed E-state index contributed by atoms with van der Waals surface area (Å²) in [6, 6.07) is 3.86. The number of fused-ring (bicyclic) bond motifs is 3. The molecule has 0 bridgehead atoms. The zero-order chi connectivity index (χ0) is 17.4. The van der Waals surface area contributed by atoms with Crippen molar-refractivity contribution in [2.75, 3.05) is 13.1 Å². The van der Waals surface area contributed by atoms with Crippen molar-refractivity contribution < 1.29 is 4.79 Å². The molecule has 1 atom stereocenters. The molecule has 1 fully saturated rings.